The lowest BCUT2D eigenvalue weighted by Gasteiger charge is -2.12. The molecule has 0 amide bonds. The van der Waals surface area contributed by atoms with Crippen LogP contribution in [0.2, 0.25) is 0 Å². The number of fused-ring (bicyclic) bond motifs is 1. The molecule has 2 aromatic carbocycles. The molecule has 0 aliphatic heterocycles. The van der Waals surface area contributed by atoms with E-state index in [-0.39, 0.29) is 5.69 Å². The fourth-order valence-corrected chi connectivity index (χ4v) is 4.73. The van der Waals surface area contributed by atoms with Gasteiger partial charge in [0.1, 0.15) is 0 Å². The molecule has 2 heterocycles. The number of nitrogens with zero attached hydrogens (tertiary/aromatic N) is 5. The molecule has 7 nitrogen and oxygen atoms in total. The van der Waals surface area contributed by atoms with Crippen molar-refractivity contribution in [1.29, 1.82) is 0 Å². The summed E-state index contributed by atoms with van der Waals surface area (Å²) in [7, 11) is 6.18. The first-order chi connectivity index (χ1) is 16.3. The molecule has 0 aliphatic rings. The van der Waals surface area contributed by atoms with Crippen molar-refractivity contribution in [2.75, 3.05) is 32.5 Å². The van der Waals surface area contributed by atoms with Gasteiger partial charge in [0.05, 0.1) is 22.3 Å². The summed E-state index contributed by atoms with van der Waals surface area (Å²) >= 11 is 0. The first kappa shape index (κ1) is 23.8. The second-order valence-electron chi connectivity index (χ2n) is 9.12. The van der Waals surface area contributed by atoms with E-state index < -0.39 is 0 Å². The minimum atomic E-state index is 0.0456. The predicted molar refractivity (Wildman–Crippen MR) is 142 cm³/mol. The molecule has 0 unspecified atom stereocenters. The Morgan fingerprint density at radius 3 is 2.38 bits per heavy atom. The normalized spacial score (nSPS) is 11.6. The van der Waals surface area contributed by atoms with Crippen molar-refractivity contribution >= 4 is 16.9 Å². The molecule has 0 bridgehead atoms. The fourth-order valence-electron chi connectivity index (χ4n) is 4.73. The Labute approximate surface area is 201 Å². The van der Waals surface area contributed by atoms with Crippen LogP contribution in [-0.2, 0) is 20.1 Å². The van der Waals surface area contributed by atoms with Gasteiger partial charge in [-0.2, -0.15) is 5.10 Å². The minimum absolute atomic E-state index is 0.0456. The number of rotatable bonds is 9. The molecule has 180 valence electrons. The molecule has 0 saturated carbocycles. The number of aryl methyl sites for hydroxylation is 4. The maximum Gasteiger partial charge on any atom is 0.329 e. The lowest BCUT2D eigenvalue weighted by Crippen LogP contribution is -2.22. The number of anilines is 1. The van der Waals surface area contributed by atoms with Crippen molar-refractivity contribution in [3.63, 3.8) is 0 Å². The number of hydrogen-bond donors (Lipinski definition) is 1. The molecule has 0 atom stereocenters. The van der Waals surface area contributed by atoms with Crippen LogP contribution in [-0.4, -0.2) is 51.0 Å². The van der Waals surface area contributed by atoms with E-state index >= 15 is 0 Å². The van der Waals surface area contributed by atoms with Crippen molar-refractivity contribution in [1.82, 2.24) is 23.8 Å². The van der Waals surface area contributed by atoms with E-state index in [0.29, 0.717) is 13.1 Å². The van der Waals surface area contributed by atoms with Gasteiger partial charge < -0.3 is 10.2 Å². The molecule has 0 radical (unpaired) electrons. The second-order valence-corrected chi connectivity index (χ2v) is 9.12. The van der Waals surface area contributed by atoms with E-state index in [2.05, 4.69) is 73.7 Å². The molecule has 4 aromatic rings. The molecule has 0 aliphatic carbocycles. The Balaban J connectivity index is 1.89. The van der Waals surface area contributed by atoms with E-state index in [0.717, 1.165) is 58.7 Å². The molecule has 34 heavy (non-hydrogen) atoms. The minimum Gasteiger partial charge on any atom is -0.368 e. The molecule has 1 N–H and O–H groups in total. The van der Waals surface area contributed by atoms with Gasteiger partial charge in [0, 0.05) is 32.2 Å². The van der Waals surface area contributed by atoms with E-state index in [1.54, 1.807) is 0 Å². The standard InChI is InChI=1S/C27H36N6O/c1-7-32-22-14-13-20(18-23(22)33(8-2)27(32)34)24-25(21-12-9-11-19(3)17-21)31(6)29-26(24)28-15-10-16-30(4)5/h9,11-14,17-18H,7-8,10,15-16H2,1-6H3,(H,28,29). The summed E-state index contributed by atoms with van der Waals surface area (Å²) in [6.45, 7) is 9.29. The van der Waals surface area contributed by atoms with Crippen LogP contribution >= 0.6 is 0 Å². The van der Waals surface area contributed by atoms with Crippen LogP contribution in [0.15, 0.2) is 47.3 Å². The molecular formula is C27H36N6O. The smallest absolute Gasteiger partial charge is 0.329 e. The van der Waals surface area contributed by atoms with Crippen LogP contribution < -0.4 is 11.0 Å². The van der Waals surface area contributed by atoms with Crippen molar-refractivity contribution < 1.29 is 0 Å². The number of benzene rings is 2. The third-order valence-corrected chi connectivity index (χ3v) is 6.35. The van der Waals surface area contributed by atoms with E-state index in [1.165, 1.54) is 5.56 Å². The first-order valence-corrected chi connectivity index (χ1v) is 12.1. The lowest BCUT2D eigenvalue weighted by molar-refractivity contribution is 0.405. The van der Waals surface area contributed by atoms with Crippen LogP contribution in [0.3, 0.4) is 0 Å². The molecule has 0 fully saturated rings. The average molecular weight is 461 g/mol. The highest BCUT2D eigenvalue weighted by Gasteiger charge is 2.21. The third kappa shape index (κ3) is 4.40. The zero-order valence-electron chi connectivity index (χ0n) is 21.2. The monoisotopic (exact) mass is 460 g/mol. The highest BCUT2D eigenvalue weighted by Crippen LogP contribution is 2.39. The maximum atomic E-state index is 12.9. The highest BCUT2D eigenvalue weighted by atomic mass is 16.1. The summed E-state index contributed by atoms with van der Waals surface area (Å²) in [5, 5.41) is 8.47. The Morgan fingerprint density at radius 2 is 1.71 bits per heavy atom. The average Bonchev–Trinajstić information content (AvgIpc) is 3.28. The fraction of sp³-hybridized carbons (Fsp3) is 0.407. The van der Waals surface area contributed by atoms with Crippen molar-refractivity contribution in [3.8, 4) is 22.4 Å². The lowest BCUT2D eigenvalue weighted by atomic mass is 9.99. The van der Waals surface area contributed by atoms with Gasteiger partial charge in [-0.15, -0.1) is 0 Å². The largest absolute Gasteiger partial charge is 0.368 e. The third-order valence-electron chi connectivity index (χ3n) is 6.35. The zero-order chi connectivity index (χ0) is 24.4. The molecule has 0 saturated heterocycles. The van der Waals surface area contributed by atoms with Crippen LogP contribution in [0.25, 0.3) is 33.4 Å². The number of imidazole rings is 1. The molecule has 7 heteroatoms. The Hall–Kier alpha value is -3.32. The van der Waals surface area contributed by atoms with Gasteiger partial charge >= 0.3 is 5.69 Å². The van der Waals surface area contributed by atoms with Crippen LogP contribution in [0.1, 0.15) is 25.8 Å². The molecule has 0 spiro atoms. The summed E-state index contributed by atoms with van der Waals surface area (Å²) in [5.74, 6) is 0.873. The highest BCUT2D eigenvalue weighted by molar-refractivity contribution is 5.93. The SMILES string of the molecule is CCn1c(=O)n(CC)c2cc(-c3c(NCCCN(C)C)nn(C)c3-c3cccc(C)c3)ccc21. The maximum absolute atomic E-state index is 12.9. The van der Waals surface area contributed by atoms with E-state index in [4.69, 9.17) is 5.10 Å². The van der Waals surface area contributed by atoms with Gasteiger partial charge in [0.2, 0.25) is 0 Å². The van der Waals surface area contributed by atoms with Crippen LogP contribution in [0, 0.1) is 6.92 Å². The Bertz CT molecular complexity index is 1360. The van der Waals surface area contributed by atoms with E-state index in [1.807, 2.05) is 34.7 Å². The number of nitrogens with one attached hydrogen (secondary N) is 1. The Kier molecular flexibility index (Phi) is 6.93. The van der Waals surface area contributed by atoms with E-state index in [9.17, 15) is 4.79 Å². The van der Waals surface area contributed by atoms with Gasteiger partial charge in [0.25, 0.3) is 0 Å². The van der Waals surface area contributed by atoms with Gasteiger partial charge in [-0.05, 0) is 71.6 Å². The number of hydrogen-bond acceptors (Lipinski definition) is 4. The number of aromatic nitrogens is 4. The summed E-state index contributed by atoms with van der Waals surface area (Å²) in [5.41, 5.74) is 7.51. The van der Waals surface area contributed by atoms with Gasteiger partial charge in [0.15, 0.2) is 5.82 Å². The van der Waals surface area contributed by atoms with Gasteiger partial charge in [-0.1, -0.05) is 29.8 Å². The van der Waals surface area contributed by atoms with Gasteiger partial charge in [-0.25, -0.2) is 4.79 Å². The Morgan fingerprint density at radius 1 is 0.971 bits per heavy atom. The van der Waals surface area contributed by atoms with Crippen LogP contribution in [0.5, 0.6) is 0 Å². The molecule has 4 rings (SSSR count). The summed E-state index contributed by atoms with van der Waals surface area (Å²) in [6, 6.07) is 14.9. The first-order valence-electron chi connectivity index (χ1n) is 12.1. The summed E-state index contributed by atoms with van der Waals surface area (Å²) in [4.78, 5) is 15.1. The molecular weight excluding hydrogens is 424 g/mol. The van der Waals surface area contributed by atoms with Crippen molar-refractivity contribution in [2.45, 2.75) is 40.3 Å². The predicted octanol–water partition coefficient (Wildman–Crippen LogP) is 4.58. The second kappa shape index (κ2) is 9.89. The van der Waals surface area contributed by atoms with Crippen LogP contribution in [0.4, 0.5) is 5.82 Å². The topological polar surface area (TPSA) is 60.0 Å². The quantitative estimate of drug-likeness (QED) is 0.372. The van der Waals surface area contributed by atoms with Crippen molar-refractivity contribution in [3.05, 3.63) is 58.5 Å². The summed E-state index contributed by atoms with van der Waals surface area (Å²) in [6.07, 6.45) is 1.02. The van der Waals surface area contributed by atoms with Gasteiger partial charge in [-0.3, -0.25) is 13.8 Å². The van der Waals surface area contributed by atoms with Crippen molar-refractivity contribution in [2.24, 2.45) is 7.05 Å². The zero-order valence-corrected chi connectivity index (χ0v) is 21.2. The summed E-state index contributed by atoms with van der Waals surface area (Å²) < 4.78 is 5.66. The molecule has 2 aromatic heterocycles.